The highest BCUT2D eigenvalue weighted by molar-refractivity contribution is 6.04. The van der Waals surface area contributed by atoms with E-state index in [0.29, 0.717) is 29.6 Å². The molecule has 6 heteroatoms. The molecule has 2 aromatic rings. The number of fused-ring (bicyclic) bond motifs is 1. The van der Waals surface area contributed by atoms with Gasteiger partial charge in [-0.3, -0.25) is 9.59 Å². The zero-order chi connectivity index (χ0) is 17.4. The number of hydrogen-bond acceptors (Lipinski definition) is 4. The molecule has 1 aliphatic heterocycles. The standard InChI is InChI=1S/C18H24N4O2/c1-11(2)22-17(23)15-8-6-5-7-14(15)16(20-22)18(24)21-9-12(3)19-13(4)10-21/h5-8,11-13,19H,9-10H2,1-4H3/t12-,13+. The van der Waals surface area contributed by atoms with E-state index in [1.54, 1.807) is 12.1 Å². The summed E-state index contributed by atoms with van der Waals surface area (Å²) >= 11 is 0. The predicted octanol–water partition coefficient (Wildman–Crippen LogP) is 1.80. The lowest BCUT2D eigenvalue weighted by atomic mass is 10.1. The lowest BCUT2D eigenvalue weighted by Gasteiger charge is -2.36. The SMILES string of the molecule is CC(C)n1nc(C(=O)N2C[C@@H](C)N[C@@H](C)C2)c2ccccc2c1=O. The Morgan fingerprint density at radius 2 is 1.75 bits per heavy atom. The Morgan fingerprint density at radius 3 is 2.33 bits per heavy atom. The Bertz CT molecular complexity index is 817. The minimum atomic E-state index is -0.154. The van der Waals surface area contributed by atoms with Crippen LogP contribution in [0.3, 0.4) is 0 Å². The first-order valence-electron chi connectivity index (χ1n) is 8.45. The summed E-state index contributed by atoms with van der Waals surface area (Å²) in [6, 6.07) is 7.59. The fourth-order valence-corrected chi connectivity index (χ4v) is 3.36. The fraction of sp³-hybridized carbons (Fsp3) is 0.500. The zero-order valence-corrected chi connectivity index (χ0v) is 14.6. The normalized spacial score (nSPS) is 21.5. The van der Waals surface area contributed by atoms with Gasteiger partial charge in [0, 0.05) is 30.6 Å². The molecule has 1 aromatic carbocycles. The maximum Gasteiger partial charge on any atom is 0.275 e. The van der Waals surface area contributed by atoms with Crippen molar-refractivity contribution in [1.29, 1.82) is 0 Å². The van der Waals surface area contributed by atoms with Gasteiger partial charge in [0.05, 0.1) is 11.4 Å². The molecule has 1 saturated heterocycles. The van der Waals surface area contributed by atoms with Crippen LogP contribution < -0.4 is 10.9 Å². The van der Waals surface area contributed by atoms with Gasteiger partial charge in [0.15, 0.2) is 5.69 Å². The van der Waals surface area contributed by atoms with Crippen molar-refractivity contribution in [3.05, 3.63) is 40.3 Å². The van der Waals surface area contributed by atoms with Gasteiger partial charge in [-0.1, -0.05) is 18.2 Å². The number of rotatable bonds is 2. The summed E-state index contributed by atoms with van der Waals surface area (Å²) in [6.45, 7) is 9.20. The number of aromatic nitrogens is 2. The van der Waals surface area contributed by atoms with Crippen molar-refractivity contribution in [2.24, 2.45) is 0 Å². The quantitative estimate of drug-likeness (QED) is 0.913. The third kappa shape index (κ3) is 2.94. The molecule has 0 unspecified atom stereocenters. The zero-order valence-electron chi connectivity index (χ0n) is 14.6. The van der Waals surface area contributed by atoms with Gasteiger partial charge in [-0.2, -0.15) is 5.10 Å². The van der Waals surface area contributed by atoms with Crippen molar-refractivity contribution in [2.45, 2.75) is 45.8 Å². The monoisotopic (exact) mass is 328 g/mol. The first kappa shape index (κ1) is 16.6. The second kappa shape index (κ2) is 6.36. The average molecular weight is 328 g/mol. The van der Waals surface area contributed by atoms with Crippen LogP contribution in [0.2, 0.25) is 0 Å². The molecule has 1 aliphatic rings. The third-order valence-electron chi connectivity index (χ3n) is 4.36. The van der Waals surface area contributed by atoms with Crippen LogP contribution in [-0.4, -0.2) is 45.8 Å². The summed E-state index contributed by atoms with van der Waals surface area (Å²) in [5, 5.41) is 9.01. The van der Waals surface area contributed by atoms with Gasteiger partial charge in [0.2, 0.25) is 0 Å². The van der Waals surface area contributed by atoms with Crippen LogP contribution in [0.25, 0.3) is 10.8 Å². The Hall–Kier alpha value is -2.21. The maximum absolute atomic E-state index is 13.1. The average Bonchev–Trinajstić information content (AvgIpc) is 2.53. The largest absolute Gasteiger partial charge is 0.334 e. The smallest absolute Gasteiger partial charge is 0.275 e. The molecule has 2 atom stereocenters. The van der Waals surface area contributed by atoms with Crippen LogP contribution in [0.4, 0.5) is 0 Å². The molecule has 128 valence electrons. The van der Waals surface area contributed by atoms with Gasteiger partial charge in [-0.25, -0.2) is 4.68 Å². The highest BCUT2D eigenvalue weighted by Crippen LogP contribution is 2.18. The molecule has 24 heavy (non-hydrogen) atoms. The van der Waals surface area contributed by atoms with Crippen LogP contribution in [-0.2, 0) is 0 Å². The summed E-state index contributed by atoms with van der Waals surface area (Å²) in [5.41, 5.74) is 0.208. The van der Waals surface area contributed by atoms with Gasteiger partial charge < -0.3 is 10.2 Å². The maximum atomic E-state index is 13.1. The van der Waals surface area contributed by atoms with Crippen molar-refractivity contribution in [1.82, 2.24) is 20.0 Å². The second-order valence-electron chi connectivity index (χ2n) is 6.92. The van der Waals surface area contributed by atoms with Crippen LogP contribution >= 0.6 is 0 Å². The number of piperazine rings is 1. The summed E-state index contributed by atoms with van der Waals surface area (Å²) in [6.07, 6.45) is 0. The van der Waals surface area contributed by atoms with E-state index in [2.05, 4.69) is 24.3 Å². The molecule has 1 fully saturated rings. The highest BCUT2D eigenvalue weighted by atomic mass is 16.2. The van der Waals surface area contributed by atoms with Crippen molar-refractivity contribution in [3.8, 4) is 0 Å². The van der Waals surface area contributed by atoms with E-state index in [0.717, 1.165) is 0 Å². The molecule has 0 saturated carbocycles. The molecular formula is C18H24N4O2. The van der Waals surface area contributed by atoms with E-state index in [1.807, 2.05) is 30.9 Å². The second-order valence-corrected chi connectivity index (χ2v) is 6.92. The number of carbonyl (C=O) groups excluding carboxylic acids is 1. The summed E-state index contributed by atoms with van der Waals surface area (Å²) in [7, 11) is 0. The molecule has 0 radical (unpaired) electrons. The Balaban J connectivity index is 2.13. The molecule has 1 aromatic heterocycles. The van der Waals surface area contributed by atoms with E-state index >= 15 is 0 Å². The first-order valence-corrected chi connectivity index (χ1v) is 8.45. The molecule has 2 heterocycles. The highest BCUT2D eigenvalue weighted by Gasteiger charge is 2.28. The van der Waals surface area contributed by atoms with Crippen molar-refractivity contribution in [2.75, 3.05) is 13.1 Å². The van der Waals surface area contributed by atoms with E-state index in [4.69, 9.17) is 0 Å². The van der Waals surface area contributed by atoms with Gasteiger partial charge in [-0.15, -0.1) is 0 Å². The van der Waals surface area contributed by atoms with Crippen LogP contribution in [0.15, 0.2) is 29.1 Å². The van der Waals surface area contributed by atoms with Gasteiger partial charge in [0.1, 0.15) is 0 Å². The lowest BCUT2D eigenvalue weighted by molar-refractivity contribution is 0.0667. The lowest BCUT2D eigenvalue weighted by Crippen LogP contribution is -2.56. The minimum absolute atomic E-state index is 0.102. The van der Waals surface area contributed by atoms with E-state index in [9.17, 15) is 9.59 Å². The molecule has 0 spiro atoms. The van der Waals surface area contributed by atoms with Crippen molar-refractivity contribution in [3.63, 3.8) is 0 Å². The van der Waals surface area contributed by atoms with Crippen LogP contribution in [0, 0.1) is 0 Å². The molecule has 1 N–H and O–H groups in total. The van der Waals surface area contributed by atoms with E-state index in [-0.39, 0.29) is 29.6 Å². The number of benzene rings is 1. The molecule has 1 amide bonds. The van der Waals surface area contributed by atoms with E-state index < -0.39 is 0 Å². The number of nitrogens with one attached hydrogen (secondary N) is 1. The Morgan fingerprint density at radius 1 is 1.17 bits per heavy atom. The Kier molecular flexibility index (Phi) is 4.41. The van der Waals surface area contributed by atoms with Crippen molar-refractivity contribution < 1.29 is 4.79 Å². The number of amides is 1. The third-order valence-corrected chi connectivity index (χ3v) is 4.36. The molecule has 3 rings (SSSR count). The van der Waals surface area contributed by atoms with Gasteiger partial charge in [0.25, 0.3) is 11.5 Å². The van der Waals surface area contributed by atoms with Gasteiger partial charge in [-0.05, 0) is 33.8 Å². The Labute approximate surface area is 141 Å². The van der Waals surface area contributed by atoms with E-state index in [1.165, 1.54) is 4.68 Å². The molecule has 0 bridgehead atoms. The minimum Gasteiger partial charge on any atom is -0.334 e. The first-order chi connectivity index (χ1) is 11.4. The van der Waals surface area contributed by atoms with Crippen LogP contribution in [0.5, 0.6) is 0 Å². The summed E-state index contributed by atoms with van der Waals surface area (Å²) in [5.74, 6) is -0.110. The number of hydrogen-bond donors (Lipinski definition) is 1. The summed E-state index contributed by atoms with van der Waals surface area (Å²) in [4.78, 5) is 27.5. The molecule has 0 aliphatic carbocycles. The topological polar surface area (TPSA) is 67.2 Å². The predicted molar refractivity (Wildman–Crippen MR) is 94.4 cm³/mol. The molecular weight excluding hydrogens is 304 g/mol. The van der Waals surface area contributed by atoms with Gasteiger partial charge >= 0.3 is 0 Å². The number of carbonyl (C=O) groups is 1. The molecule has 6 nitrogen and oxygen atoms in total. The summed E-state index contributed by atoms with van der Waals surface area (Å²) < 4.78 is 1.41. The van der Waals surface area contributed by atoms with Crippen LogP contribution in [0.1, 0.15) is 44.2 Å². The number of nitrogens with zero attached hydrogens (tertiary/aromatic N) is 3. The van der Waals surface area contributed by atoms with Crippen molar-refractivity contribution >= 4 is 16.7 Å². The fourth-order valence-electron chi connectivity index (χ4n) is 3.36.